The molecule has 0 heterocycles. The second-order valence-corrected chi connectivity index (χ2v) is 7.43. The minimum Gasteiger partial charge on any atom is -0.319 e. The molecule has 162 valence electrons. The molecule has 0 aromatic heterocycles. The van der Waals surface area contributed by atoms with Gasteiger partial charge < -0.3 is 5.32 Å². The zero-order valence-electron chi connectivity index (χ0n) is 20.0. The van der Waals surface area contributed by atoms with Crippen molar-refractivity contribution in [3.63, 3.8) is 0 Å². The molecule has 0 bridgehead atoms. The maximum Gasteiger partial charge on any atom is 0.127 e. The summed E-state index contributed by atoms with van der Waals surface area (Å²) in [6, 6.07) is 9.89. The smallest absolute Gasteiger partial charge is 0.127 e. The molecule has 0 aliphatic heterocycles. The molecule has 0 aliphatic rings. The third-order valence-corrected chi connectivity index (χ3v) is 5.25. The highest BCUT2D eigenvalue weighted by atomic mass is 19.1. The van der Waals surface area contributed by atoms with E-state index >= 15 is 0 Å². The first-order valence-electron chi connectivity index (χ1n) is 10.8. The molecule has 2 aromatic carbocycles. The van der Waals surface area contributed by atoms with Crippen molar-refractivity contribution >= 4 is 5.57 Å². The minimum atomic E-state index is -0.146. The van der Waals surface area contributed by atoms with Gasteiger partial charge in [-0.15, -0.1) is 0 Å². The van der Waals surface area contributed by atoms with E-state index in [4.69, 9.17) is 0 Å². The number of hydrogen-bond donors (Lipinski definition) is 1. The molecule has 2 aromatic rings. The van der Waals surface area contributed by atoms with Crippen molar-refractivity contribution in [3.8, 4) is 11.1 Å². The van der Waals surface area contributed by atoms with Gasteiger partial charge in [0.25, 0.3) is 0 Å². The number of rotatable bonds is 7. The lowest BCUT2D eigenvalue weighted by Crippen LogP contribution is -2.11. The largest absolute Gasteiger partial charge is 0.319 e. The van der Waals surface area contributed by atoms with Crippen LogP contribution < -0.4 is 5.32 Å². The molecule has 30 heavy (non-hydrogen) atoms. The van der Waals surface area contributed by atoms with Gasteiger partial charge in [0.05, 0.1) is 0 Å². The minimum absolute atomic E-state index is 0.146. The van der Waals surface area contributed by atoms with Gasteiger partial charge in [-0.3, -0.25) is 0 Å². The monoisotopic (exact) mass is 407 g/mol. The fourth-order valence-corrected chi connectivity index (χ4v) is 3.49. The Balaban J connectivity index is 0.00000218. The summed E-state index contributed by atoms with van der Waals surface area (Å²) in [5.74, 6) is -0.146. The molecule has 1 nitrogen and oxygen atoms in total. The Morgan fingerprint density at radius 1 is 1.07 bits per heavy atom. The van der Waals surface area contributed by atoms with Crippen LogP contribution in [0.2, 0.25) is 0 Å². The van der Waals surface area contributed by atoms with Gasteiger partial charge in [-0.2, -0.15) is 0 Å². The Bertz CT molecular complexity index is 932. The summed E-state index contributed by atoms with van der Waals surface area (Å²) in [4.78, 5) is 0. The predicted molar refractivity (Wildman–Crippen MR) is 133 cm³/mol. The molecule has 0 unspecified atom stereocenters. The van der Waals surface area contributed by atoms with Crippen LogP contribution in [0, 0.1) is 19.7 Å². The molecular formula is C28H38FN. The first-order chi connectivity index (χ1) is 14.3. The zero-order chi connectivity index (χ0) is 22.8. The first kappa shape index (κ1) is 25.6. The molecule has 0 aliphatic carbocycles. The molecule has 1 N–H and O–H groups in total. The number of aryl methyl sites for hydroxylation is 2. The van der Waals surface area contributed by atoms with E-state index in [1.807, 2.05) is 46.9 Å². The summed E-state index contributed by atoms with van der Waals surface area (Å²) in [5, 5.41) is 3.08. The normalized spacial score (nSPS) is 11.8. The number of halogens is 1. The highest BCUT2D eigenvalue weighted by Gasteiger charge is 2.17. The molecule has 2 heteroatoms. The van der Waals surface area contributed by atoms with E-state index in [0.29, 0.717) is 6.42 Å². The van der Waals surface area contributed by atoms with Crippen LogP contribution in [-0.4, -0.2) is 13.6 Å². The van der Waals surface area contributed by atoms with E-state index in [1.165, 1.54) is 5.56 Å². The predicted octanol–water partition coefficient (Wildman–Crippen LogP) is 7.82. The average Bonchev–Trinajstić information content (AvgIpc) is 2.73. The van der Waals surface area contributed by atoms with Crippen LogP contribution in [-0.2, 0) is 6.42 Å². The highest BCUT2D eigenvalue weighted by molar-refractivity contribution is 5.91. The van der Waals surface area contributed by atoms with Crippen LogP contribution >= 0.6 is 0 Å². The van der Waals surface area contributed by atoms with Gasteiger partial charge in [0.2, 0.25) is 0 Å². The Labute approximate surface area is 183 Å². The number of benzene rings is 2. The molecule has 2 rings (SSSR count). The SMILES string of the molecule is C=C(C)/C(C)=C(/C=C\C)c1c(C)ccc(C)c1-c1ccc(CCNC)c(F)c1.CC. The molecule has 0 atom stereocenters. The van der Waals surface area contributed by atoms with Gasteiger partial charge in [0.1, 0.15) is 5.82 Å². The van der Waals surface area contributed by atoms with Gasteiger partial charge in [-0.05, 0) is 105 Å². The van der Waals surface area contributed by atoms with Crippen molar-refractivity contribution in [1.29, 1.82) is 0 Å². The number of allylic oxidation sites excluding steroid dienone is 5. The standard InChI is InChI=1S/C26H32FN.C2H6/c1-8-9-23(20(6)17(2)3)26-19(5)11-10-18(4)25(26)22-13-12-21(14-15-28-7)24(27)16-22;1-2/h8-13,16,28H,2,14-15H2,1,3-7H3;1-2H3/b9-8-,23-20-;. The summed E-state index contributed by atoms with van der Waals surface area (Å²) in [7, 11) is 1.88. The van der Waals surface area contributed by atoms with Crippen molar-refractivity contribution in [3.05, 3.63) is 88.3 Å². The Kier molecular flexibility index (Phi) is 10.5. The number of nitrogens with one attached hydrogen (secondary N) is 1. The Morgan fingerprint density at radius 3 is 2.23 bits per heavy atom. The molecule has 0 amide bonds. The second-order valence-electron chi connectivity index (χ2n) is 7.43. The molecule has 0 spiro atoms. The van der Waals surface area contributed by atoms with Gasteiger partial charge in [-0.25, -0.2) is 4.39 Å². The van der Waals surface area contributed by atoms with Gasteiger partial charge >= 0.3 is 0 Å². The highest BCUT2D eigenvalue weighted by Crippen LogP contribution is 2.38. The van der Waals surface area contributed by atoms with E-state index in [-0.39, 0.29) is 5.82 Å². The summed E-state index contributed by atoms with van der Waals surface area (Å²) in [6.07, 6.45) is 4.86. The lowest BCUT2D eigenvalue weighted by atomic mass is 9.84. The van der Waals surface area contributed by atoms with E-state index in [9.17, 15) is 4.39 Å². The topological polar surface area (TPSA) is 12.0 Å². The third-order valence-electron chi connectivity index (χ3n) is 5.25. The maximum absolute atomic E-state index is 14.8. The molecular weight excluding hydrogens is 369 g/mol. The second kappa shape index (κ2) is 12.3. The van der Waals surface area contributed by atoms with Gasteiger partial charge in [0.15, 0.2) is 0 Å². The van der Waals surface area contributed by atoms with Crippen LogP contribution in [0.5, 0.6) is 0 Å². The summed E-state index contributed by atoms with van der Waals surface area (Å²) in [5.41, 5.74) is 9.55. The summed E-state index contributed by atoms with van der Waals surface area (Å²) < 4.78 is 14.8. The number of hydrogen-bond acceptors (Lipinski definition) is 1. The van der Waals surface area contributed by atoms with Gasteiger partial charge in [0, 0.05) is 0 Å². The Hall–Kier alpha value is -2.45. The van der Waals surface area contributed by atoms with Crippen LogP contribution in [0.1, 0.15) is 56.9 Å². The maximum atomic E-state index is 14.8. The van der Waals surface area contributed by atoms with Crippen molar-refractivity contribution in [2.75, 3.05) is 13.6 Å². The van der Waals surface area contributed by atoms with Crippen LogP contribution in [0.15, 0.2) is 60.2 Å². The molecule has 0 radical (unpaired) electrons. The third kappa shape index (κ3) is 6.03. The Morgan fingerprint density at radius 2 is 1.70 bits per heavy atom. The molecule has 0 saturated carbocycles. The van der Waals surface area contributed by atoms with E-state index < -0.39 is 0 Å². The lowest BCUT2D eigenvalue weighted by Gasteiger charge is -2.20. The van der Waals surface area contributed by atoms with Crippen molar-refractivity contribution < 1.29 is 4.39 Å². The van der Waals surface area contributed by atoms with Crippen molar-refractivity contribution in [2.45, 2.75) is 54.9 Å². The van der Waals surface area contributed by atoms with E-state index in [2.05, 4.69) is 57.0 Å². The van der Waals surface area contributed by atoms with Crippen molar-refractivity contribution in [2.24, 2.45) is 0 Å². The van der Waals surface area contributed by atoms with Crippen LogP contribution in [0.3, 0.4) is 0 Å². The van der Waals surface area contributed by atoms with E-state index in [0.717, 1.165) is 51.1 Å². The van der Waals surface area contributed by atoms with Gasteiger partial charge in [-0.1, -0.05) is 62.4 Å². The van der Waals surface area contributed by atoms with Crippen molar-refractivity contribution in [1.82, 2.24) is 5.32 Å². The summed E-state index contributed by atoms with van der Waals surface area (Å²) >= 11 is 0. The van der Waals surface area contributed by atoms with Crippen LogP contribution in [0.25, 0.3) is 16.7 Å². The fraction of sp³-hybridized carbons (Fsp3) is 0.357. The average molecular weight is 408 g/mol. The fourth-order valence-electron chi connectivity index (χ4n) is 3.49. The first-order valence-corrected chi connectivity index (χ1v) is 10.8. The molecule has 0 fully saturated rings. The van der Waals surface area contributed by atoms with E-state index in [1.54, 1.807) is 6.07 Å². The van der Waals surface area contributed by atoms with Crippen LogP contribution in [0.4, 0.5) is 4.39 Å². The number of likely N-dealkylation sites (N-methyl/N-ethyl adjacent to an activating group) is 1. The summed E-state index contributed by atoms with van der Waals surface area (Å²) in [6.45, 7) is 19.3. The zero-order valence-corrected chi connectivity index (χ0v) is 20.0. The lowest BCUT2D eigenvalue weighted by molar-refractivity contribution is 0.605. The molecule has 0 saturated heterocycles. The quantitative estimate of drug-likeness (QED) is 0.461.